The largest absolute Gasteiger partial charge is 0.344 e. The van der Waals surface area contributed by atoms with Gasteiger partial charge in [-0.1, -0.05) is 49.1 Å². The number of hydrogen-bond acceptors (Lipinski definition) is 1. The number of carbonyl (C=O) groups excluding carboxylic acids is 1. The van der Waals surface area contributed by atoms with Crippen LogP contribution < -0.4 is 5.32 Å². The van der Waals surface area contributed by atoms with Crippen molar-refractivity contribution in [1.29, 1.82) is 0 Å². The second-order valence-corrected chi connectivity index (χ2v) is 4.54. The highest BCUT2D eigenvalue weighted by Gasteiger charge is 2.42. The van der Waals surface area contributed by atoms with E-state index in [1.54, 1.807) is 0 Å². The Kier molecular flexibility index (Phi) is 3.49. The lowest BCUT2D eigenvalue weighted by molar-refractivity contribution is -0.126. The quantitative estimate of drug-likeness (QED) is 0.788. The van der Waals surface area contributed by atoms with E-state index in [4.69, 9.17) is 6.42 Å². The normalized spacial score (nSPS) is 17.4. The second-order valence-electron chi connectivity index (χ2n) is 4.54. The minimum Gasteiger partial charge on any atom is -0.344 e. The van der Waals surface area contributed by atoms with Crippen molar-refractivity contribution in [3.05, 3.63) is 35.9 Å². The van der Waals surface area contributed by atoms with Crippen molar-refractivity contribution in [2.75, 3.05) is 6.54 Å². The zero-order chi connectivity index (χ0) is 12.1. The molecule has 1 aliphatic carbocycles. The highest BCUT2D eigenvalue weighted by molar-refractivity contribution is 5.88. The molecule has 0 saturated heterocycles. The standard InChI is InChI=1S/C15H17NO/c1-2-12-16-14(17)15(10-6-7-11-15)13-8-4-3-5-9-13/h1,3-5,8-9H,6-7,10-12H2,(H,16,17). The fraction of sp³-hybridized carbons (Fsp3) is 0.400. The van der Waals surface area contributed by atoms with E-state index in [0.29, 0.717) is 6.54 Å². The van der Waals surface area contributed by atoms with Gasteiger partial charge >= 0.3 is 0 Å². The summed E-state index contributed by atoms with van der Waals surface area (Å²) in [4.78, 5) is 12.3. The molecule has 1 amide bonds. The SMILES string of the molecule is C#CCNC(=O)C1(c2ccccc2)CCCC1. The van der Waals surface area contributed by atoms with Crippen molar-refractivity contribution in [1.82, 2.24) is 5.32 Å². The summed E-state index contributed by atoms with van der Waals surface area (Å²) in [6, 6.07) is 10.0. The van der Waals surface area contributed by atoms with Gasteiger partial charge in [0.25, 0.3) is 0 Å². The Labute approximate surface area is 102 Å². The molecule has 17 heavy (non-hydrogen) atoms. The van der Waals surface area contributed by atoms with Crippen LogP contribution >= 0.6 is 0 Å². The molecule has 1 fully saturated rings. The summed E-state index contributed by atoms with van der Waals surface area (Å²) < 4.78 is 0. The fourth-order valence-electron chi connectivity index (χ4n) is 2.68. The molecule has 0 aromatic heterocycles. The van der Waals surface area contributed by atoms with E-state index < -0.39 is 0 Å². The first kappa shape index (κ1) is 11.7. The lowest BCUT2D eigenvalue weighted by Crippen LogP contribution is -2.42. The molecule has 0 bridgehead atoms. The molecule has 1 saturated carbocycles. The summed E-state index contributed by atoms with van der Waals surface area (Å²) in [5.74, 6) is 2.54. The summed E-state index contributed by atoms with van der Waals surface area (Å²) in [6.07, 6.45) is 9.26. The number of hydrogen-bond donors (Lipinski definition) is 1. The van der Waals surface area contributed by atoms with Crippen molar-refractivity contribution in [3.63, 3.8) is 0 Å². The number of benzene rings is 1. The van der Waals surface area contributed by atoms with Crippen LogP contribution in [0.2, 0.25) is 0 Å². The maximum Gasteiger partial charge on any atom is 0.231 e. The maximum absolute atomic E-state index is 12.3. The Bertz CT molecular complexity index is 424. The Hall–Kier alpha value is -1.75. The van der Waals surface area contributed by atoms with E-state index in [9.17, 15) is 4.79 Å². The van der Waals surface area contributed by atoms with Crippen molar-refractivity contribution < 1.29 is 4.79 Å². The minimum absolute atomic E-state index is 0.0825. The molecule has 0 atom stereocenters. The fourth-order valence-corrected chi connectivity index (χ4v) is 2.68. The van der Waals surface area contributed by atoms with E-state index in [1.807, 2.05) is 30.3 Å². The van der Waals surface area contributed by atoms with Crippen LogP contribution in [0.4, 0.5) is 0 Å². The summed E-state index contributed by atoms with van der Waals surface area (Å²) in [7, 11) is 0. The highest BCUT2D eigenvalue weighted by atomic mass is 16.2. The van der Waals surface area contributed by atoms with Crippen molar-refractivity contribution in [2.24, 2.45) is 0 Å². The third kappa shape index (κ3) is 2.19. The summed E-state index contributed by atoms with van der Waals surface area (Å²) in [5, 5.41) is 2.84. The van der Waals surface area contributed by atoms with Crippen LogP contribution in [-0.4, -0.2) is 12.5 Å². The molecule has 0 radical (unpaired) electrons. The monoisotopic (exact) mass is 227 g/mol. The van der Waals surface area contributed by atoms with Crippen molar-refractivity contribution in [2.45, 2.75) is 31.1 Å². The van der Waals surface area contributed by atoms with Crippen LogP contribution in [0.15, 0.2) is 30.3 Å². The second kappa shape index (κ2) is 5.05. The molecule has 1 aromatic rings. The zero-order valence-electron chi connectivity index (χ0n) is 9.91. The molecule has 2 rings (SSSR count). The van der Waals surface area contributed by atoms with Gasteiger partial charge in [-0.15, -0.1) is 6.42 Å². The number of nitrogens with one attached hydrogen (secondary N) is 1. The summed E-state index contributed by atoms with van der Waals surface area (Å²) >= 11 is 0. The van der Waals surface area contributed by atoms with Gasteiger partial charge < -0.3 is 5.32 Å². The summed E-state index contributed by atoms with van der Waals surface area (Å²) in [5.41, 5.74) is 0.769. The van der Waals surface area contributed by atoms with E-state index in [2.05, 4.69) is 11.2 Å². The molecule has 0 aliphatic heterocycles. The molecule has 0 unspecified atom stereocenters. The first-order valence-corrected chi connectivity index (χ1v) is 6.07. The van der Waals surface area contributed by atoms with Gasteiger partial charge in [-0.3, -0.25) is 4.79 Å². The van der Waals surface area contributed by atoms with Crippen LogP contribution in [0.5, 0.6) is 0 Å². The van der Waals surface area contributed by atoms with Crippen LogP contribution in [0.1, 0.15) is 31.2 Å². The third-order valence-electron chi connectivity index (χ3n) is 3.57. The third-order valence-corrected chi connectivity index (χ3v) is 3.57. The molecule has 88 valence electrons. The molecule has 2 heteroatoms. The Morgan fingerprint density at radius 1 is 1.29 bits per heavy atom. The van der Waals surface area contributed by atoms with Gasteiger partial charge in [-0.05, 0) is 18.4 Å². The molecule has 1 aromatic carbocycles. The number of amides is 1. The molecule has 0 spiro atoms. The first-order chi connectivity index (χ1) is 8.29. The summed E-state index contributed by atoms with van der Waals surface area (Å²) in [6.45, 7) is 0.313. The van der Waals surface area contributed by atoms with E-state index in [-0.39, 0.29) is 11.3 Å². The number of carbonyl (C=O) groups is 1. The molecule has 2 nitrogen and oxygen atoms in total. The lowest BCUT2D eigenvalue weighted by Gasteiger charge is -2.27. The van der Waals surface area contributed by atoms with Gasteiger partial charge in [0.05, 0.1) is 12.0 Å². The van der Waals surface area contributed by atoms with Gasteiger partial charge in [0, 0.05) is 0 Å². The van der Waals surface area contributed by atoms with Crippen LogP contribution in [-0.2, 0) is 10.2 Å². The van der Waals surface area contributed by atoms with Crippen LogP contribution in [0.25, 0.3) is 0 Å². The predicted octanol–water partition coefficient (Wildman–Crippen LogP) is 2.25. The van der Waals surface area contributed by atoms with Crippen molar-refractivity contribution >= 4 is 5.91 Å². The molecular weight excluding hydrogens is 210 g/mol. The van der Waals surface area contributed by atoms with E-state index >= 15 is 0 Å². The Morgan fingerprint density at radius 3 is 2.53 bits per heavy atom. The van der Waals surface area contributed by atoms with Crippen LogP contribution in [0.3, 0.4) is 0 Å². The average molecular weight is 227 g/mol. The average Bonchev–Trinajstić information content (AvgIpc) is 2.87. The Balaban J connectivity index is 2.27. The van der Waals surface area contributed by atoms with Gasteiger partial charge in [0.15, 0.2) is 0 Å². The van der Waals surface area contributed by atoms with E-state index in [0.717, 1.165) is 31.2 Å². The molecular formula is C15H17NO. The van der Waals surface area contributed by atoms with Crippen LogP contribution in [0, 0.1) is 12.3 Å². The highest BCUT2D eigenvalue weighted by Crippen LogP contribution is 2.41. The lowest BCUT2D eigenvalue weighted by atomic mass is 9.78. The van der Waals surface area contributed by atoms with E-state index in [1.165, 1.54) is 0 Å². The molecule has 1 aliphatic rings. The molecule has 1 N–H and O–H groups in total. The van der Waals surface area contributed by atoms with Gasteiger partial charge in [0.2, 0.25) is 5.91 Å². The molecule has 0 heterocycles. The Morgan fingerprint density at radius 2 is 1.94 bits per heavy atom. The van der Waals surface area contributed by atoms with Crippen molar-refractivity contribution in [3.8, 4) is 12.3 Å². The van der Waals surface area contributed by atoms with Gasteiger partial charge in [-0.25, -0.2) is 0 Å². The van der Waals surface area contributed by atoms with Gasteiger partial charge in [0.1, 0.15) is 0 Å². The number of rotatable bonds is 3. The smallest absolute Gasteiger partial charge is 0.231 e. The topological polar surface area (TPSA) is 29.1 Å². The first-order valence-electron chi connectivity index (χ1n) is 6.07. The maximum atomic E-state index is 12.3. The van der Waals surface area contributed by atoms with Gasteiger partial charge in [-0.2, -0.15) is 0 Å². The number of terminal acetylenes is 1. The predicted molar refractivity (Wildman–Crippen MR) is 68.4 cm³/mol. The zero-order valence-corrected chi connectivity index (χ0v) is 9.91. The minimum atomic E-state index is -0.349.